The summed E-state index contributed by atoms with van der Waals surface area (Å²) in [5.74, 6) is -0.173. The van der Waals surface area contributed by atoms with Crippen molar-refractivity contribution in [3.05, 3.63) is 47.8 Å². The van der Waals surface area contributed by atoms with Gasteiger partial charge in [0.05, 0.1) is 13.2 Å². The molecule has 0 aliphatic carbocycles. The predicted molar refractivity (Wildman–Crippen MR) is 100 cm³/mol. The number of carbonyl (C=O) groups excluding carboxylic acids is 2. The molecule has 152 valence electrons. The van der Waals surface area contributed by atoms with Gasteiger partial charge in [-0.1, -0.05) is 35.5 Å². The van der Waals surface area contributed by atoms with E-state index >= 15 is 0 Å². The molecule has 1 aromatic heterocycles. The maximum Gasteiger partial charge on any atom is 0.277 e. The first-order valence-electron chi connectivity index (χ1n) is 9.96. The van der Waals surface area contributed by atoms with Crippen LogP contribution in [0.1, 0.15) is 28.9 Å². The fraction of sp³-hybridized carbons (Fsp3) is 0.500. The molecule has 1 spiro atoms. The molecule has 3 aliphatic heterocycles. The quantitative estimate of drug-likeness (QED) is 0.754. The largest absolute Gasteiger partial charge is 0.381 e. The highest BCUT2D eigenvalue weighted by Gasteiger charge is 2.58. The second kappa shape index (κ2) is 7.23. The Balaban J connectivity index is 1.43. The first-order chi connectivity index (χ1) is 14.2. The van der Waals surface area contributed by atoms with Gasteiger partial charge in [0.1, 0.15) is 17.9 Å². The molecule has 9 nitrogen and oxygen atoms in total. The van der Waals surface area contributed by atoms with Crippen LogP contribution in [0.25, 0.3) is 0 Å². The van der Waals surface area contributed by atoms with Crippen LogP contribution in [0.15, 0.2) is 41.2 Å². The van der Waals surface area contributed by atoms with Crippen molar-refractivity contribution in [3.8, 4) is 0 Å². The lowest BCUT2D eigenvalue weighted by Gasteiger charge is -2.48. The zero-order valence-electron chi connectivity index (χ0n) is 16.1. The summed E-state index contributed by atoms with van der Waals surface area (Å²) in [5, 5.41) is 7.16. The third-order valence-electron chi connectivity index (χ3n) is 6.31. The molecule has 4 heterocycles. The van der Waals surface area contributed by atoms with E-state index in [2.05, 4.69) is 19.8 Å². The van der Waals surface area contributed by atoms with Crippen LogP contribution in [0.2, 0.25) is 0 Å². The van der Waals surface area contributed by atoms with Crippen LogP contribution in [0, 0.1) is 0 Å². The summed E-state index contributed by atoms with van der Waals surface area (Å²) in [6, 6.07) is 9.70. The van der Waals surface area contributed by atoms with Gasteiger partial charge in [-0.05, 0) is 10.7 Å². The van der Waals surface area contributed by atoms with Crippen molar-refractivity contribution < 1.29 is 19.0 Å². The lowest BCUT2D eigenvalue weighted by Crippen LogP contribution is -2.62. The molecule has 0 unspecified atom stereocenters. The van der Waals surface area contributed by atoms with Crippen molar-refractivity contribution in [2.45, 2.75) is 31.1 Å². The Morgan fingerprint density at radius 1 is 1.17 bits per heavy atom. The first-order valence-corrected chi connectivity index (χ1v) is 9.96. The Bertz CT molecular complexity index is 882. The highest BCUT2D eigenvalue weighted by molar-refractivity contribution is 5.93. The lowest BCUT2D eigenvalue weighted by atomic mass is 9.96. The van der Waals surface area contributed by atoms with Gasteiger partial charge in [0, 0.05) is 39.0 Å². The van der Waals surface area contributed by atoms with Gasteiger partial charge >= 0.3 is 0 Å². The van der Waals surface area contributed by atoms with Crippen LogP contribution in [0.3, 0.4) is 0 Å². The summed E-state index contributed by atoms with van der Waals surface area (Å²) in [6.07, 6.45) is 2.87. The Morgan fingerprint density at radius 3 is 2.69 bits per heavy atom. The number of hydrogen-bond acceptors (Lipinski definition) is 7. The van der Waals surface area contributed by atoms with Crippen LogP contribution in [0.5, 0.6) is 0 Å². The fourth-order valence-electron chi connectivity index (χ4n) is 4.88. The summed E-state index contributed by atoms with van der Waals surface area (Å²) < 4.78 is 10.2. The number of benzene rings is 1. The third-order valence-corrected chi connectivity index (χ3v) is 6.31. The Kier molecular flexibility index (Phi) is 4.56. The molecule has 29 heavy (non-hydrogen) atoms. The predicted octanol–water partition coefficient (Wildman–Crippen LogP) is 0.745. The first kappa shape index (κ1) is 18.3. The van der Waals surface area contributed by atoms with Crippen LogP contribution < -0.4 is 0 Å². The number of hydrogen-bond donors (Lipinski definition) is 0. The van der Waals surface area contributed by atoms with Crippen molar-refractivity contribution in [2.75, 3.05) is 32.8 Å². The second-order valence-corrected chi connectivity index (χ2v) is 7.76. The molecular weight excluding hydrogens is 374 g/mol. The number of piperazine rings is 1. The van der Waals surface area contributed by atoms with E-state index in [1.165, 1.54) is 6.20 Å². The molecule has 3 aliphatic rings. The number of fused-ring (bicyclic) bond motifs is 2. The van der Waals surface area contributed by atoms with Gasteiger partial charge in [0.2, 0.25) is 5.91 Å². The molecule has 0 saturated carbocycles. The average Bonchev–Trinajstić information content (AvgIpc) is 3.38. The standard InChI is InChI=1S/C20H23N5O4/c26-18(16-12-21-29-22-16)23-8-9-24-17(14-23)19(27)25(13-15-4-2-1-3-5-15)20(24)6-10-28-11-7-20/h1-5,12,17H,6-11,13-14H2/t17-/m1/s1. The van der Waals surface area contributed by atoms with E-state index in [4.69, 9.17) is 4.74 Å². The average molecular weight is 397 g/mol. The van der Waals surface area contributed by atoms with Gasteiger partial charge in [-0.15, -0.1) is 0 Å². The summed E-state index contributed by atoms with van der Waals surface area (Å²) >= 11 is 0. The van der Waals surface area contributed by atoms with Crippen molar-refractivity contribution in [1.29, 1.82) is 0 Å². The fourth-order valence-corrected chi connectivity index (χ4v) is 4.88. The molecular formula is C20H23N5O4. The second-order valence-electron chi connectivity index (χ2n) is 7.76. The topological polar surface area (TPSA) is 92.0 Å². The summed E-state index contributed by atoms with van der Waals surface area (Å²) in [7, 11) is 0. The number of aromatic nitrogens is 2. The van der Waals surface area contributed by atoms with Gasteiger partial charge in [0.25, 0.3) is 5.91 Å². The van der Waals surface area contributed by atoms with Gasteiger partial charge in [0.15, 0.2) is 5.69 Å². The van der Waals surface area contributed by atoms with E-state index < -0.39 is 0 Å². The highest BCUT2D eigenvalue weighted by Crippen LogP contribution is 2.42. The molecule has 1 atom stereocenters. The molecule has 2 aromatic rings. The van der Waals surface area contributed by atoms with E-state index in [0.717, 1.165) is 18.4 Å². The van der Waals surface area contributed by atoms with Gasteiger partial charge in [-0.2, -0.15) is 0 Å². The summed E-state index contributed by atoms with van der Waals surface area (Å²) in [6.45, 7) is 3.35. The molecule has 9 heteroatoms. The molecule has 3 fully saturated rings. The SMILES string of the molecule is O=C(c1cnon1)N1CCN2[C@H](C1)C(=O)N(Cc1ccccc1)C21CCOCC1. The maximum absolute atomic E-state index is 13.5. The monoisotopic (exact) mass is 397 g/mol. The summed E-state index contributed by atoms with van der Waals surface area (Å²) in [4.78, 5) is 32.2. The minimum atomic E-state index is -0.352. The zero-order valence-corrected chi connectivity index (χ0v) is 16.1. The number of rotatable bonds is 3. The van der Waals surface area contributed by atoms with Gasteiger partial charge in [-0.25, -0.2) is 4.63 Å². The van der Waals surface area contributed by atoms with Crippen molar-refractivity contribution in [2.24, 2.45) is 0 Å². The minimum absolute atomic E-state index is 0.0755. The van der Waals surface area contributed by atoms with E-state index in [0.29, 0.717) is 39.4 Å². The highest BCUT2D eigenvalue weighted by atomic mass is 16.6. The normalized spacial score (nSPS) is 24.1. The van der Waals surface area contributed by atoms with Crippen LogP contribution in [-0.2, 0) is 16.1 Å². The van der Waals surface area contributed by atoms with E-state index in [1.54, 1.807) is 4.90 Å². The number of nitrogens with zero attached hydrogens (tertiary/aromatic N) is 5. The molecule has 0 bridgehead atoms. The Labute approximate surface area is 168 Å². The van der Waals surface area contributed by atoms with Crippen molar-refractivity contribution in [1.82, 2.24) is 25.0 Å². The molecule has 0 radical (unpaired) electrons. The van der Waals surface area contributed by atoms with Crippen LogP contribution in [-0.4, -0.2) is 81.4 Å². The zero-order chi connectivity index (χ0) is 19.8. The summed E-state index contributed by atoms with van der Waals surface area (Å²) in [5.41, 5.74) is 0.930. The number of ether oxygens (including phenoxy) is 1. The smallest absolute Gasteiger partial charge is 0.277 e. The van der Waals surface area contributed by atoms with E-state index in [9.17, 15) is 9.59 Å². The Morgan fingerprint density at radius 2 is 1.97 bits per heavy atom. The molecule has 5 rings (SSSR count). The van der Waals surface area contributed by atoms with Gasteiger partial charge in [-0.3, -0.25) is 14.5 Å². The minimum Gasteiger partial charge on any atom is -0.381 e. The van der Waals surface area contributed by atoms with E-state index in [1.807, 2.05) is 35.2 Å². The van der Waals surface area contributed by atoms with E-state index in [-0.39, 0.29) is 29.2 Å². The number of amides is 2. The molecule has 2 amide bonds. The molecule has 3 saturated heterocycles. The van der Waals surface area contributed by atoms with Gasteiger partial charge < -0.3 is 14.5 Å². The Hall–Kier alpha value is -2.78. The van der Waals surface area contributed by atoms with Crippen molar-refractivity contribution >= 4 is 11.8 Å². The van der Waals surface area contributed by atoms with Crippen molar-refractivity contribution in [3.63, 3.8) is 0 Å². The molecule has 0 N–H and O–H groups in total. The van der Waals surface area contributed by atoms with Crippen LogP contribution >= 0.6 is 0 Å². The molecule has 1 aromatic carbocycles. The maximum atomic E-state index is 13.5. The van der Waals surface area contributed by atoms with Crippen LogP contribution in [0.4, 0.5) is 0 Å². The number of carbonyl (C=O) groups is 2. The lowest BCUT2D eigenvalue weighted by molar-refractivity contribution is -0.137. The third kappa shape index (κ3) is 3.01.